The van der Waals surface area contributed by atoms with Gasteiger partial charge in [0.25, 0.3) is 0 Å². The Kier molecular flexibility index (Phi) is 10.1. The topological polar surface area (TPSA) is 114 Å². The summed E-state index contributed by atoms with van der Waals surface area (Å²) in [5, 5.41) is 14.9. The van der Waals surface area contributed by atoms with E-state index in [1.54, 1.807) is 38.1 Å². The maximum Gasteiger partial charge on any atom is 0.408 e. The summed E-state index contributed by atoms with van der Waals surface area (Å²) in [6, 6.07) is 23.8. The molecule has 3 aromatic rings. The van der Waals surface area contributed by atoms with Gasteiger partial charge in [-0.1, -0.05) is 86.6 Å². The Bertz CT molecular complexity index is 1170. The first-order valence-electron chi connectivity index (χ1n) is 12.1. The van der Waals surface area contributed by atoms with Crippen LogP contribution in [0.25, 0.3) is 0 Å². The van der Waals surface area contributed by atoms with Gasteiger partial charge in [-0.3, -0.25) is 4.79 Å². The van der Waals surface area contributed by atoms with Crippen molar-refractivity contribution in [2.45, 2.75) is 45.6 Å². The molecule has 0 fully saturated rings. The van der Waals surface area contributed by atoms with Gasteiger partial charge in [0.1, 0.15) is 31.0 Å². The summed E-state index contributed by atoms with van der Waals surface area (Å²) in [5.41, 5.74) is 2.51. The fraction of sp³-hybridized carbons (Fsp3) is 0.276. The number of carbonyl (C=O) groups is 3. The SMILES string of the molecule is CC(C)[C@H](NC(=O)OCc1ccccc1)C(=O)N[C@@H](Cc1cccc(OCc2ccccc2)c1)C(=O)O. The molecule has 2 atom stereocenters. The number of nitrogens with one attached hydrogen (secondary N) is 2. The number of carboxylic acids is 1. The average Bonchev–Trinajstić information content (AvgIpc) is 2.90. The number of carboxylic acid groups (broad SMARTS) is 1. The Hall–Kier alpha value is -4.33. The average molecular weight is 505 g/mol. The van der Waals surface area contributed by atoms with Crippen molar-refractivity contribution >= 4 is 18.0 Å². The molecule has 37 heavy (non-hydrogen) atoms. The third kappa shape index (κ3) is 9.00. The number of benzene rings is 3. The summed E-state index contributed by atoms with van der Waals surface area (Å²) in [4.78, 5) is 37.2. The molecule has 8 nitrogen and oxygen atoms in total. The van der Waals surface area contributed by atoms with Crippen LogP contribution in [0.3, 0.4) is 0 Å². The van der Waals surface area contributed by atoms with Crippen LogP contribution in [0.4, 0.5) is 4.79 Å². The van der Waals surface area contributed by atoms with E-state index in [-0.39, 0.29) is 18.9 Å². The lowest BCUT2D eigenvalue weighted by atomic mass is 10.0. The van der Waals surface area contributed by atoms with Gasteiger partial charge < -0.3 is 25.2 Å². The predicted molar refractivity (Wildman–Crippen MR) is 139 cm³/mol. The molecule has 0 aliphatic carbocycles. The van der Waals surface area contributed by atoms with E-state index in [0.29, 0.717) is 17.9 Å². The number of aliphatic carboxylic acids is 1. The van der Waals surface area contributed by atoms with Crippen LogP contribution in [0.1, 0.15) is 30.5 Å². The molecular weight excluding hydrogens is 472 g/mol. The second-order valence-electron chi connectivity index (χ2n) is 8.95. The molecule has 0 aliphatic heterocycles. The minimum atomic E-state index is -1.19. The van der Waals surface area contributed by atoms with Crippen molar-refractivity contribution in [3.63, 3.8) is 0 Å². The molecular formula is C29H32N2O6. The molecule has 194 valence electrons. The van der Waals surface area contributed by atoms with Gasteiger partial charge in [0.2, 0.25) is 5.91 Å². The second kappa shape index (κ2) is 13.7. The van der Waals surface area contributed by atoms with Crippen LogP contribution in [-0.2, 0) is 34.0 Å². The number of amides is 2. The van der Waals surface area contributed by atoms with Crippen LogP contribution in [0.15, 0.2) is 84.9 Å². The number of hydrogen-bond donors (Lipinski definition) is 3. The van der Waals surface area contributed by atoms with E-state index in [4.69, 9.17) is 9.47 Å². The minimum Gasteiger partial charge on any atom is -0.489 e. The van der Waals surface area contributed by atoms with Crippen molar-refractivity contribution in [1.82, 2.24) is 10.6 Å². The van der Waals surface area contributed by atoms with E-state index in [2.05, 4.69) is 10.6 Å². The third-order valence-corrected chi connectivity index (χ3v) is 5.64. The fourth-order valence-electron chi connectivity index (χ4n) is 3.63. The van der Waals surface area contributed by atoms with Crippen LogP contribution in [0.5, 0.6) is 5.75 Å². The smallest absolute Gasteiger partial charge is 0.408 e. The first-order chi connectivity index (χ1) is 17.8. The molecule has 3 N–H and O–H groups in total. The van der Waals surface area contributed by atoms with Gasteiger partial charge in [-0.05, 0) is 34.7 Å². The second-order valence-corrected chi connectivity index (χ2v) is 8.95. The van der Waals surface area contributed by atoms with Crippen LogP contribution < -0.4 is 15.4 Å². The van der Waals surface area contributed by atoms with E-state index in [1.165, 1.54) is 0 Å². The minimum absolute atomic E-state index is 0.0485. The van der Waals surface area contributed by atoms with Crippen molar-refractivity contribution in [1.29, 1.82) is 0 Å². The van der Waals surface area contributed by atoms with Crippen molar-refractivity contribution in [3.05, 3.63) is 102 Å². The third-order valence-electron chi connectivity index (χ3n) is 5.64. The summed E-state index contributed by atoms with van der Waals surface area (Å²) in [6.45, 7) is 3.95. The van der Waals surface area contributed by atoms with Crippen LogP contribution in [0.2, 0.25) is 0 Å². The summed E-state index contributed by atoms with van der Waals surface area (Å²) in [6.07, 6.45) is -0.708. The van der Waals surface area contributed by atoms with E-state index in [0.717, 1.165) is 11.1 Å². The highest BCUT2D eigenvalue weighted by Gasteiger charge is 2.29. The lowest BCUT2D eigenvalue weighted by molar-refractivity contribution is -0.142. The van der Waals surface area contributed by atoms with E-state index in [9.17, 15) is 19.5 Å². The number of rotatable bonds is 12. The van der Waals surface area contributed by atoms with Gasteiger partial charge in [-0.25, -0.2) is 9.59 Å². The van der Waals surface area contributed by atoms with Crippen molar-refractivity contribution in [3.8, 4) is 5.75 Å². The Labute approximate surface area is 216 Å². The fourth-order valence-corrected chi connectivity index (χ4v) is 3.63. The number of carbonyl (C=O) groups excluding carboxylic acids is 2. The Balaban J connectivity index is 1.58. The first kappa shape index (κ1) is 27.3. The van der Waals surface area contributed by atoms with Crippen LogP contribution >= 0.6 is 0 Å². The first-order valence-corrected chi connectivity index (χ1v) is 12.1. The summed E-state index contributed by atoms with van der Waals surface area (Å²) < 4.78 is 11.0. The number of hydrogen-bond acceptors (Lipinski definition) is 5. The molecule has 0 aliphatic rings. The quantitative estimate of drug-likeness (QED) is 0.338. The van der Waals surface area contributed by atoms with Crippen molar-refractivity contribution in [2.75, 3.05) is 0 Å². The molecule has 0 saturated carbocycles. The molecule has 0 aromatic heterocycles. The molecule has 0 saturated heterocycles. The molecule has 0 heterocycles. The predicted octanol–water partition coefficient (Wildman–Crippen LogP) is 4.33. The largest absolute Gasteiger partial charge is 0.489 e. The lowest BCUT2D eigenvalue weighted by Crippen LogP contribution is -2.54. The number of alkyl carbamates (subject to hydrolysis) is 1. The summed E-state index contributed by atoms with van der Waals surface area (Å²) in [7, 11) is 0. The van der Waals surface area contributed by atoms with Gasteiger partial charge in [-0.2, -0.15) is 0 Å². The van der Waals surface area contributed by atoms with Gasteiger partial charge in [0, 0.05) is 6.42 Å². The highest BCUT2D eigenvalue weighted by Crippen LogP contribution is 2.17. The Morgan fingerprint density at radius 2 is 1.38 bits per heavy atom. The van der Waals surface area contributed by atoms with Gasteiger partial charge in [-0.15, -0.1) is 0 Å². The zero-order valence-corrected chi connectivity index (χ0v) is 20.9. The van der Waals surface area contributed by atoms with Gasteiger partial charge in [0.15, 0.2) is 0 Å². The monoisotopic (exact) mass is 504 g/mol. The van der Waals surface area contributed by atoms with Crippen LogP contribution in [-0.4, -0.2) is 35.2 Å². The normalized spacial score (nSPS) is 12.3. The molecule has 0 radical (unpaired) electrons. The zero-order chi connectivity index (χ0) is 26.6. The molecule has 3 rings (SSSR count). The standard InChI is InChI=1S/C29H32N2O6/c1-20(2)26(31-29(35)37-19-22-12-7-4-8-13-22)27(32)30-25(28(33)34)17-23-14-9-15-24(16-23)36-18-21-10-5-3-6-11-21/h3-16,20,25-26H,17-19H2,1-2H3,(H,30,32)(H,31,35)(H,33,34)/t25-,26-/m0/s1. The maximum absolute atomic E-state index is 13.0. The lowest BCUT2D eigenvalue weighted by Gasteiger charge is -2.24. The van der Waals surface area contributed by atoms with E-state index >= 15 is 0 Å². The zero-order valence-electron chi connectivity index (χ0n) is 20.9. The molecule has 8 heteroatoms. The maximum atomic E-state index is 13.0. The van der Waals surface area contributed by atoms with Crippen LogP contribution in [0, 0.1) is 5.92 Å². The summed E-state index contributed by atoms with van der Waals surface area (Å²) >= 11 is 0. The van der Waals surface area contributed by atoms with E-state index < -0.39 is 30.1 Å². The molecule has 2 amide bonds. The summed E-state index contributed by atoms with van der Waals surface area (Å²) in [5.74, 6) is -1.48. The highest BCUT2D eigenvalue weighted by molar-refractivity contribution is 5.89. The number of ether oxygens (including phenoxy) is 2. The molecule has 0 spiro atoms. The van der Waals surface area contributed by atoms with Gasteiger partial charge in [0.05, 0.1) is 0 Å². The molecule has 0 unspecified atom stereocenters. The molecule has 0 bridgehead atoms. The van der Waals surface area contributed by atoms with Crippen molar-refractivity contribution in [2.24, 2.45) is 5.92 Å². The molecule has 3 aromatic carbocycles. The van der Waals surface area contributed by atoms with E-state index in [1.807, 2.05) is 60.7 Å². The Morgan fingerprint density at radius 3 is 1.97 bits per heavy atom. The van der Waals surface area contributed by atoms with Gasteiger partial charge >= 0.3 is 12.1 Å². The van der Waals surface area contributed by atoms with Crippen molar-refractivity contribution < 1.29 is 29.0 Å². The highest BCUT2D eigenvalue weighted by atomic mass is 16.5. The Morgan fingerprint density at radius 1 is 0.784 bits per heavy atom.